The van der Waals surface area contributed by atoms with Gasteiger partial charge >= 0.3 is 6.09 Å². The SMILES string of the molecule is O=C(NCc1ccc(C(=O)N2CCN(c3ccccn3)CC2)cc1)OCc1cccs1. The summed E-state index contributed by atoms with van der Waals surface area (Å²) in [4.78, 5) is 34.1. The van der Waals surface area contributed by atoms with Gasteiger partial charge in [0.05, 0.1) is 0 Å². The smallest absolute Gasteiger partial charge is 0.407 e. The van der Waals surface area contributed by atoms with E-state index in [1.54, 1.807) is 29.7 Å². The van der Waals surface area contributed by atoms with Crippen molar-refractivity contribution < 1.29 is 14.3 Å². The number of nitrogens with one attached hydrogen (secondary N) is 1. The van der Waals surface area contributed by atoms with E-state index in [2.05, 4.69) is 15.2 Å². The van der Waals surface area contributed by atoms with Crippen molar-refractivity contribution in [1.82, 2.24) is 15.2 Å². The van der Waals surface area contributed by atoms with Gasteiger partial charge in [0.1, 0.15) is 12.4 Å². The fraction of sp³-hybridized carbons (Fsp3) is 0.261. The number of pyridine rings is 1. The molecular weight excluding hydrogens is 412 g/mol. The number of hydrogen-bond acceptors (Lipinski definition) is 6. The monoisotopic (exact) mass is 436 g/mol. The van der Waals surface area contributed by atoms with Crippen LogP contribution < -0.4 is 10.2 Å². The van der Waals surface area contributed by atoms with Gasteiger partial charge in [0.2, 0.25) is 0 Å². The van der Waals surface area contributed by atoms with Crippen LogP contribution in [0.25, 0.3) is 0 Å². The van der Waals surface area contributed by atoms with Crippen molar-refractivity contribution in [2.24, 2.45) is 0 Å². The molecule has 8 heteroatoms. The maximum absolute atomic E-state index is 12.8. The zero-order valence-corrected chi connectivity index (χ0v) is 17.9. The first-order chi connectivity index (χ1) is 15.2. The average molecular weight is 437 g/mol. The van der Waals surface area contributed by atoms with Crippen LogP contribution in [0.2, 0.25) is 0 Å². The van der Waals surface area contributed by atoms with Gasteiger partial charge in [0, 0.05) is 49.4 Å². The van der Waals surface area contributed by atoms with Crippen molar-refractivity contribution in [2.45, 2.75) is 13.2 Å². The molecule has 0 bridgehead atoms. The Bertz CT molecular complexity index is 985. The van der Waals surface area contributed by atoms with Crippen LogP contribution in [0.4, 0.5) is 10.6 Å². The predicted molar refractivity (Wildman–Crippen MR) is 120 cm³/mol. The highest BCUT2D eigenvalue weighted by molar-refractivity contribution is 7.09. The Morgan fingerprint density at radius 2 is 1.81 bits per heavy atom. The summed E-state index contributed by atoms with van der Waals surface area (Å²) in [5.41, 5.74) is 1.56. The average Bonchev–Trinajstić information content (AvgIpc) is 3.36. The Labute approximate surface area is 185 Å². The second-order valence-corrected chi connectivity index (χ2v) is 8.21. The van der Waals surface area contributed by atoms with Crippen molar-refractivity contribution in [1.29, 1.82) is 0 Å². The first kappa shape index (κ1) is 20.9. The molecule has 0 radical (unpaired) electrons. The molecule has 1 N–H and O–H groups in total. The van der Waals surface area contributed by atoms with Gasteiger partial charge < -0.3 is 19.9 Å². The minimum atomic E-state index is -0.459. The van der Waals surface area contributed by atoms with Crippen molar-refractivity contribution >= 4 is 29.2 Å². The van der Waals surface area contributed by atoms with E-state index in [-0.39, 0.29) is 12.5 Å². The minimum absolute atomic E-state index is 0.0236. The lowest BCUT2D eigenvalue weighted by molar-refractivity contribution is 0.0746. The molecule has 0 spiro atoms. The van der Waals surface area contributed by atoms with Crippen molar-refractivity contribution in [3.05, 3.63) is 82.2 Å². The van der Waals surface area contributed by atoms with Crippen LogP contribution in [0.3, 0.4) is 0 Å². The standard InChI is InChI=1S/C23H24N4O3S/c28-22(27-13-11-26(12-14-27)21-5-1-2-10-24-21)19-8-6-18(7-9-19)16-25-23(29)30-17-20-4-3-15-31-20/h1-10,15H,11-14,16-17H2,(H,25,29). The number of nitrogens with zero attached hydrogens (tertiary/aromatic N) is 3. The fourth-order valence-corrected chi connectivity index (χ4v) is 4.00. The van der Waals surface area contributed by atoms with E-state index in [0.717, 1.165) is 29.3 Å². The zero-order chi connectivity index (χ0) is 21.5. The summed E-state index contributed by atoms with van der Waals surface area (Å²) in [6, 6.07) is 17.0. The van der Waals surface area contributed by atoms with Gasteiger partial charge in [0.25, 0.3) is 5.91 Å². The first-order valence-electron chi connectivity index (χ1n) is 10.2. The molecule has 4 rings (SSSR count). The van der Waals surface area contributed by atoms with E-state index < -0.39 is 6.09 Å². The largest absolute Gasteiger partial charge is 0.444 e. The van der Waals surface area contributed by atoms with Crippen LogP contribution in [0.1, 0.15) is 20.8 Å². The molecule has 1 saturated heterocycles. The molecule has 0 saturated carbocycles. The van der Waals surface area contributed by atoms with Crippen LogP contribution in [-0.2, 0) is 17.9 Å². The second-order valence-electron chi connectivity index (χ2n) is 7.17. The lowest BCUT2D eigenvalue weighted by atomic mass is 10.1. The topological polar surface area (TPSA) is 74.8 Å². The van der Waals surface area contributed by atoms with E-state index in [0.29, 0.717) is 25.2 Å². The number of thiophene rings is 1. The number of piperazine rings is 1. The lowest BCUT2D eigenvalue weighted by Crippen LogP contribution is -2.49. The number of aromatic nitrogens is 1. The normalized spacial score (nSPS) is 13.7. The summed E-state index contributed by atoms with van der Waals surface area (Å²) in [5, 5.41) is 4.67. The summed E-state index contributed by atoms with van der Waals surface area (Å²) in [6.07, 6.45) is 1.33. The third-order valence-corrected chi connectivity index (χ3v) is 5.95. The van der Waals surface area contributed by atoms with E-state index in [9.17, 15) is 9.59 Å². The second kappa shape index (κ2) is 10.1. The number of benzene rings is 1. The molecule has 0 aliphatic carbocycles. The number of alkyl carbamates (subject to hydrolysis) is 1. The maximum atomic E-state index is 12.8. The highest BCUT2D eigenvalue weighted by Crippen LogP contribution is 2.15. The van der Waals surface area contributed by atoms with Crippen LogP contribution in [0.5, 0.6) is 0 Å². The quantitative estimate of drug-likeness (QED) is 0.640. The minimum Gasteiger partial charge on any atom is -0.444 e. The van der Waals surface area contributed by atoms with Crippen LogP contribution in [0.15, 0.2) is 66.2 Å². The summed E-state index contributed by atoms with van der Waals surface area (Å²) >= 11 is 1.55. The van der Waals surface area contributed by atoms with E-state index >= 15 is 0 Å². The molecule has 1 aromatic carbocycles. The number of carbonyl (C=O) groups excluding carboxylic acids is 2. The van der Waals surface area contributed by atoms with Crippen molar-refractivity contribution in [2.75, 3.05) is 31.1 Å². The molecule has 1 aliphatic heterocycles. The fourth-order valence-electron chi connectivity index (χ4n) is 3.38. The molecule has 0 atom stereocenters. The molecule has 31 heavy (non-hydrogen) atoms. The Kier molecular flexibility index (Phi) is 6.78. The van der Waals surface area contributed by atoms with Crippen LogP contribution >= 0.6 is 11.3 Å². The Morgan fingerprint density at radius 3 is 2.48 bits per heavy atom. The molecule has 160 valence electrons. The highest BCUT2D eigenvalue weighted by Gasteiger charge is 2.22. The number of amides is 2. The molecule has 1 aliphatic rings. The molecule has 3 heterocycles. The number of rotatable bonds is 6. The van der Waals surface area contributed by atoms with E-state index in [1.165, 1.54) is 0 Å². The van der Waals surface area contributed by atoms with Crippen molar-refractivity contribution in [3.63, 3.8) is 0 Å². The third-order valence-electron chi connectivity index (χ3n) is 5.10. The van der Waals surface area contributed by atoms with Gasteiger partial charge in [-0.3, -0.25) is 4.79 Å². The van der Waals surface area contributed by atoms with E-state index in [4.69, 9.17) is 4.74 Å². The molecule has 2 amide bonds. The number of hydrogen-bond donors (Lipinski definition) is 1. The van der Waals surface area contributed by atoms with Gasteiger partial charge in [-0.25, -0.2) is 9.78 Å². The van der Waals surface area contributed by atoms with Gasteiger partial charge in [0.15, 0.2) is 0 Å². The Balaban J connectivity index is 1.23. The third kappa shape index (κ3) is 5.61. The summed E-state index contributed by atoms with van der Waals surface area (Å²) in [5.74, 6) is 0.968. The Hall–Kier alpha value is -3.39. The Morgan fingerprint density at radius 1 is 1.00 bits per heavy atom. The van der Waals surface area contributed by atoms with Gasteiger partial charge in [-0.1, -0.05) is 24.3 Å². The summed E-state index contributed by atoms with van der Waals surface area (Å²) in [7, 11) is 0. The molecule has 3 aromatic rings. The number of carbonyl (C=O) groups is 2. The number of anilines is 1. The molecule has 1 fully saturated rings. The lowest BCUT2D eigenvalue weighted by Gasteiger charge is -2.35. The molecular formula is C23H24N4O3S. The van der Waals surface area contributed by atoms with Crippen molar-refractivity contribution in [3.8, 4) is 0 Å². The summed E-state index contributed by atoms with van der Waals surface area (Å²) < 4.78 is 5.18. The summed E-state index contributed by atoms with van der Waals surface area (Å²) in [6.45, 7) is 3.46. The van der Waals surface area contributed by atoms with Crippen LogP contribution in [0, 0.1) is 0 Å². The first-order valence-corrected chi connectivity index (χ1v) is 11.0. The van der Waals surface area contributed by atoms with Gasteiger partial charge in [-0.2, -0.15) is 0 Å². The maximum Gasteiger partial charge on any atom is 0.407 e. The van der Waals surface area contributed by atoms with E-state index in [1.807, 2.05) is 52.7 Å². The highest BCUT2D eigenvalue weighted by atomic mass is 32.1. The zero-order valence-electron chi connectivity index (χ0n) is 17.1. The molecule has 7 nitrogen and oxygen atoms in total. The van der Waals surface area contributed by atoms with Gasteiger partial charge in [-0.15, -0.1) is 11.3 Å². The molecule has 0 unspecified atom stereocenters. The number of ether oxygens (including phenoxy) is 1. The van der Waals surface area contributed by atoms with Crippen LogP contribution in [-0.4, -0.2) is 48.1 Å². The van der Waals surface area contributed by atoms with Gasteiger partial charge in [-0.05, 0) is 41.3 Å². The predicted octanol–water partition coefficient (Wildman–Crippen LogP) is 3.53. The molecule has 2 aromatic heterocycles.